The molecular weight excluding hydrogens is 250 g/mol. The average molecular weight is 267 g/mol. The first-order valence-corrected chi connectivity index (χ1v) is 7.13. The highest BCUT2D eigenvalue weighted by Crippen LogP contribution is 2.30. The maximum atomic E-state index is 12.3. The van der Waals surface area contributed by atoms with Crippen LogP contribution < -0.4 is 0 Å². The van der Waals surface area contributed by atoms with Crippen LogP contribution in [-0.2, 0) is 0 Å². The summed E-state index contributed by atoms with van der Waals surface area (Å²) in [6.07, 6.45) is 0. The molecule has 1 fully saturated rings. The first-order valence-electron chi connectivity index (χ1n) is 5.70. The van der Waals surface area contributed by atoms with Gasteiger partial charge in [-0.25, -0.2) is 0 Å². The highest BCUT2D eigenvalue weighted by molar-refractivity contribution is 8.00. The van der Waals surface area contributed by atoms with Crippen molar-refractivity contribution in [2.24, 2.45) is 0 Å². The van der Waals surface area contributed by atoms with E-state index in [0.717, 1.165) is 29.3 Å². The molecule has 2 nitrogen and oxygen atoms in total. The van der Waals surface area contributed by atoms with Crippen molar-refractivity contribution in [1.29, 1.82) is 0 Å². The lowest BCUT2D eigenvalue weighted by Crippen LogP contribution is -2.46. The van der Waals surface area contributed by atoms with Gasteiger partial charge in [-0.2, -0.15) is 11.8 Å². The third-order valence-corrected chi connectivity index (χ3v) is 4.38. The van der Waals surface area contributed by atoms with Crippen LogP contribution in [0.5, 0.6) is 0 Å². The van der Waals surface area contributed by atoms with Gasteiger partial charge in [0.25, 0.3) is 5.91 Å². The summed E-state index contributed by atoms with van der Waals surface area (Å²) in [5.41, 5.74) is 0.736. The summed E-state index contributed by atoms with van der Waals surface area (Å²) >= 11 is 6.20. The van der Waals surface area contributed by atoms with E-state index in [1.807, 2.05) is 40.9 Å². The fourth-order valence-corrected chi connectivity index (χ4v) is 3.35. The topological polar surface area (TPSA) is 20.3 Å². The van der Waals surface area contributed by atoms with Crippen molar-refractivity contribution >= 4 is 30.3 Å². The molecule has 1 aliphatic heterocycles. The fraction of sp³-hybridized carbons (Fsp3) is 0.462. The van der Waals surface area contributed by atoms with Crippen LogP contribution in [-0.4, -0.2) is 34.4 Å². The van der Waals surface area contributed by atoms with Gasteiger partial charge in [0.15, 0.2) is 0 Å². The molecule has 1 saturated heterocycles. The molecule has 0 atom stereocenters. The third kappa shape index (κ3) is 3.19. The molecule has 1 aromatic rings. The van der Waals surface area contributed by atoms with Crippen LogP contribution in [0, 0.1) is 0 Å². The molecule has 0 spiro atoms. The van der Waals surface area contributed by atoms with Gasteiger partial charge in [-0.15, -0.1) is 12.6 Å². The van der Waals surface area contributed by atoms with Crippen molar-refractivity contribution < 1.29 is 4.79 Å². The summed E-state index contributed by atoms with van der Waals surface area (Å²) in [6.45, 7) is 6.02. The third-order valence-electron chi connectivity index (χ3n) is 2.81. The molecule has 92 valence electrons. The second kappa shape index (κ2) is 4.94. The molecular formula is C13H17NOS2. The van der Waals surface area contributed by atoms with E-state index >= 15 is 0 Å². The zero-order chi connectivity index (χ0) is 12.5. The van der Waals surface area contributed by atoms with Crippen LogP contribution in [0.25, 0.3) is 0 Å². The van der Waals surface area contributed by atoms with Crippen LogP contribution in [0.3, 0.4) is 0 Å². The number of carbonyl (C=O) groups excluding carboxylic acids is 1. The van der Waals surface area contributed by atoms with Crippen molar-refractivity contribution in [3.05, 3.63) is 29.8 Å². The average Bonchev–Trinajstić information content (AvgIpc) is 2.26. The van der Waals surface area contributed by atoms with Crippen molar-refractivity contribution in [2.75, 3.05) is 18.8 Å². The van der Waals surface area contributed by atoms with E-state index in [0.29, 0.717) is 0 Å². The van der Waals surface area contributed by atoms with E-state index in [4.69, 9.17) is 0 Å². The monoisotopic (exact) mass is 267 g/mol. The highest BCUT2D eigenvalue weighted by Gasteiger charge is 2.30. The second-order valence-corrected chi connectivity index (χ2v) is 7.20. The summed E-state index contributed by atoms with van der Waals surface area (Å²) in [5.74, 6) is 1.13. The van der Waals surface area contributed by atoms with Crippen LogP contribution in [0.15, 0.2) is 29.2 Å². The minimum atomic E-state index is 0.120. The number of carbonyl (C=O) groups is 1. The largest absolute Gasteiger partial charge is 0.336 e. The van der Waals surface area contributed by atoms with Gasteiger partial charge in [-0.3, -0.25) is 4.79 Å². The molecule has 0 N–H and O–H groups in total. The summed E-state index contributed by atoms with van der Waals surface area (Å²) in [4.78, 5) is 15.1. The number of hydrogen-bond donors (Lipinski definition) is 1. The van der Waals surface area contributed by atoms with Gasteiger partial charge in [-0.1, -0.05) is 6.07 Å². The molecule has 1 aliphatic rings. The minimum Gasteiger partial charge on any atom is -0.336 e. The molecule has 1 aromatic carbocycles. The van der Waals surface area contributed by atoms with Crippen molar-refractivity contribution in [1.82, 2.24) is 4.90 Å². The Bertz CT molecular complexity index is 431. The standard InChI is InChI=1S/C13H17NOS2/c1-13(2)9-14(6-7-17-13)12(15)10-4-3-5-11(16)8-10/h3-5,8,16H,6-7,9H2,1-2H3. The zero-order valence-electron chi connectivity index (χ0n) is 10.1. The maximum Gasteiger partial charge on any atom is 0.253 e. The lowest BCUT2D eigenvalue weighted by Gasteiger charge is -2.37. The number of benzene rings is 1. The van der Waals surface area contributed by atoms with Gasteiger partial charge in [0.05, 0.1) is 0 Å². The minimum absolute atomic E-state index is 0.120. The molecule has 0 unspecified atom stereocenters. The number of amides is 1. The predicted octanol–water partition coefficient (Wildman–Crippen LogP) is 2.94. The van der Waals surface area contributed by atoms with Gasteiger partial charge < -0.3 is 4.90 Å². The number of nitrogens with zero attached hydrogens (tertiary/aromatic N) is 1. The number of thiol groups is 1. The molecule has 2 rings (SSSR count). The van der Waals surface area contributed by atoms with E-state index < -0.39 is 0 Å². The highest BCUT2D eigenvalue weighted by atomic mass is 32.2. The van der Waals surface area contributed by atoms with E-state index in [1.54, 1.807) is 0 Å². The normalized spacial score (nSPS) is 19.1. The summed E-state index contributed by atoms with van der Waals surface area (Å²) < 4.78 is 0.159. The van der Waals surface area contributed by atoms with Crippen molar-refractivity contribution in [3.63, 3.8) is 0 Å². The molecule has 17 heavy (non-hydrogen) atoms. The van der Waals surface area contributed by atoms with Crippen LogP contribution in [0.2, 0.25) is 0 Å². The van der Waals surface area contributed by atoms with Gasteiger partial charge in [0.1, 0.15) is 0 Å². The molecule has 1 heterocycles. The molecule has 0 aromatic heterocycles. The van der Waals surface area contributed by atoms with Gasteiger partial charge >= 0.3 is 0 Å². The van der Waals surface area contributed by atoms with Crippen LogP contribution >= 0.6 is 24.4 Å². The quantitative estimate of drug-likeness (QED) is 0.790. The molecule has 0 aliphatic carbocycles. The molecule has 0 bridgehead atoms. The Hall–Kier alpha value is -0.610. The molecule has 0 saturated carbocycles. The van der Waals surface area contributed by atoms with E-state index in [9.17, 15) is 4.79 Å². The number of thioether (sulfide) groups is 1. The Kier molecular flexibility index (Phi) is 3.73. The SMILES string of the molecule is CC1(C)CN(C(=O)c2cccc(S)c2)CCS1. The fourth-order valence-electron chi connectivity index (χ4n) is 2.01. The van der Waals surface area contributed by atoms with Gasteiger partial charge in [0.2, 0.25) is 0 Å². The predicted molar refractivity (Wildman–Crippen MR) is 76.1 cm³/mol. The zero-order valence-corrected chi connectivity index (χ0v) is 11.9. The lowest BCUT2D eigenvalue weighted by molar-refractivity contribution is 0.0748. The van der Waals surface area contributed by atoms with Crippen LogP contribution in [0.4, 0.5) is 0 Å². The Balaban J connectivity index is 2.15. The first kappa shape index (κ1) is 12.8. The molecule has 1 amide bonds. The Morgan fingerprint density at radius 1 is 1.47 bits per heavy atom. The summed E-state index contributed by atoms with van der Waals surface area (Å²) in [6, 6.07) is 7.45. The summed E-state index contributed by atoms with van der Waals surface area (Å²) in [5, 5.41) is 0. The first-order chi connectivity index (χ1) is 7.98. The molecule has 4 heteroatoms. The van der Waals surface area contributed by atoms with Crippen molar-refractivity contribution in [3.8, 4) is 0 Å². The molecule has 0 radical (unpaired) electrons. The van der Waals surface area contributed by atoms with Crippen LogP contribution in [0.1, 0.15) is 24.2 Å². The Labute approximate surface area is 112 Å². The maximum absolute atomic E-state index is 12.3. The summed E-state index contributed by atoms with van der Waals surface area (Å²) in [7, 11) is 0. The lowest BCUT2D eigenvalue weighted by atomic mass is 10.1. The smallest absolute Gasteiger partial charge is 0.253 e. The van der Waals surface area contributed by atoms with E-state index in [2.05, 4.69) is 26.5 Å². The van der Waals surface area contributed by atoms with Gasteiger partial charge in [-0.05, 0) is 32.0 Å². The Morgan fingerprint density at radius 2 is 2.24 bits per heavy atom. The Morgan fingerprint density at radius 3 is 2.88 bits per heavy atom. The number of hydrogen-bond acceptors (Lipinski definition) is 3. The number of rotatable bonds is 1. The second-order valence-electron chi connectivity index (χ2n) is 4.89. The van der Waals surface area contributed by atoms with Gasteiger partial charge in [0, 0.05) is 34.0 Å². The van der Waals surface area contributed by atoms with Crippen molar-refractivity contribution in [2.45, 2.75) is 23.5 Å². The van der Waals surface area contributed by atoms with E-state index in [1.165, 1.54) is 0 Å². The van der Waals surface area contributed by atoms with E-state index in [-0.39, 0.29) is 10.7 Å².